The molecule has 0 aliphatic carbocycles. The number of fused-ring (bicyclic) bond motifs is 1. The molecule has 7 heteroatoms. The number of anilines is 1. The number of aromatic nitrogens is 2. The van der Waals surface area contributed by atoms with E-state index >= 15 is 0 Å². The second-order valence-corrected chi connectivity index (χ2v) is 8.52. The van der Waals surface area contributed by atoms with E-state index in [0.717, 1.165) is 16.5 Å². The molecule has 36 heavy (non-hydrogen) atoms. The number of aryl methyl sites for hydroxylation is 2. The van der Waals surface area contributed by atoms with Crippen molar-refractivity contribution in [1.82, 2.24) is 15.3 Å². The minimum atomic E-state index is -0.214. The van der Waals surface area contributed by atoms with Gasteiger partial charge in [-0.2, -0.15) is 0 Å². The monoisotopic (exact) mass is 478 g/mol. The maximum Gasteiger partial charge on any atom is 0.255 e. The lowest BCUT2D eigenvalue weighted by Gasteiger charge is -2.08. The number of amides is 2. The van der Waals surface area contributed by atoms with Crippen molar-refractivity contribution in [3.05, 3.63) is 108 Å². The molecule has 0 bridgehead atoms. The van der Waals surface area contributed by atoms with Crippen molar-refractivity contribution in [3.8, 4) is 11.5 Å². The van der Waals surface area contributed by atoms with Crippen molar-refractivity contribution in [3.63, 3.8) is 0 Å². The van der Waals surface area contributed by atoms with E-state index < -0.39 is 0 Å². The molecule has 0 atom stereocenters. The van der Waals surface area contributed by atoms with Crippen LogP contribution < -0.4 is 10.6 Å². The lowest BCUT2D eigenvalue weighted by atomic mass is 10.1. The molecule has 3 N–H and O–H groups in total. The zero-order chi connectivity index (χ0) is 24.9. The highest BCUT2D eigenvalue weighted by molar-refractivity contribution is 6.06. The molecule has 2 aromatic heterocycles. The Morgan fingerprint density at radius 1 is 0.944 bits per heavy atom. The molecule has 0 saturated carbocycles. The molecule has 0 saturated heterocycles. The zero-order valence-corrected chi connectivity index (χ0v) is 19.9. The molecular formula is C29H26N4O3. The number of oxazole rings is 1. The molecule has 0 spiro atoms. The number of rotatable bonds is 8. The first-order chi connectivity index (χ1) is 17.6. The van der Waals surface area contributed by atoms with Crippen LogP contribution in [-0.2, 0) is 17.8 Å². The second kappa shape index (κ2) is 10.3. The summed E-state index contributed by atoms with van der Waals surface area (Å²) in [5.74, 6) is 0.736. The highest BCUT2D eigenvalue weighted by atomic mass is 16.4. The van der Waals surface area contributed by atoms with Crippen LogP contribution in [0.5, 0.6) is 0 Å². The van der Waals surface area contributed by atoms with Crippen LogP contribution in [0.25, 0.3) is 22.4 Å². The maximum absolute atomic E-state index is 12.7. The molecule has 0 fully saturated rings. The number of nitrogens with one attached hydrogen (secondary N) is 3. The van der Waals surface area contributed by atoms with Crippen molar-refractivity contribution in [2.24, 2.45) is 0 Å². The molecule has 0 unspecified atom stereocenters. The highest BCUT2D eigenvalue weighted by Gasteiger charge is 2.17. The van der Waals surface area contributed by atoms with Gasteiger partial charge in [-0.25, -0.2) is 4.98 Å². The number of H-pyrrole nitrogens is 1. The fourth-order valence-corrected chi connectivity index (χ4v) is 4.13. The summed E-state index contributed by atoms with van der Waals surface area (Å²) in [5.41, 5.74) is 4.67. The summed E-state index contributed by atoms with van der Waals surface area (Å²) in [6, 6.07) is 24.4. The lowest BCUT2D eigenvalue weighted by molar-refractivity contribution is -0.121. The third-order valence-electron chi connectivity index (χ3n) is 6.08. The van der Waals surface area contributed by atoms with Crippen LogP contribution in [0.15, 0.2) is 89.5 Å². The predicted molar refractivity (Wildman–Crippen MR) is 140 cm³/mol. The highest BCUT2D eigenvalue weighted by Crippen LogP contribution is 2.29. The van der Waals surface area contributed by atoms with Crippen LogP contribution in [0, 0.1) is 6.92 Å². The van der Waals surface area contributed by atoms with Crippen molar-refractivity contribution in [1.29, 1.82) is 0 Å². The van der Waals surface area contributed by atoms with Gasteiger partial charge in [0.25, 0.3) is 5.91 Å². The van der Waals surface area contributed by atoms with Crippen molar-refractivity contribution in [2.45, 2.75) is 26.3 Å². The quantitative estimate of drug-likeness (QED) is 0.269. The van der Waals surface area contributed by atoms with Crippen molar-refractivity contribution >= 4 is 28.4 Å². The second-order valence-electron chi connectivity index (χ2n) is 8.52. The molecule has 0 aliphatic heterocycles. The standard InChI is InChI=1S/C29H26N4O3/c1-19-26(18-31-27(34)16-15-21-17-30-24-13-7-5-11-22(21)24)33-29(36-19)23-12-6-8-14-25(23)32-28(35)20-9-3-2-4-10-20/h2-14,17,30H,15-16,18H2,1H3,(H,31,34)(H,32,35). The first kappa shape index (κ1) is 23.1. The Morgan fingerprint density at radius 3 is 2.56 bits per heavy atom. The summed E-state index contributed by atoms with van der Waals surface area (Å²) in [6.45, 7) is 2.08. The van der Waals surface area contributed by atoms with E-state index in [0.29, 0.717) is 47.0 Å². The smallest absolute Gasteiger partial charge is 0.255 e. The number of benzene rings is 3. The summed E-state index contributed by atoms with van der Waals surface area (Å²) in [5, 5.41) is 7.02. The molecule has 5 rings (SSSR count). The van der Waals surface area contributed by atoms with Gasteiger partial charge in [0.05, 0.1) is 17.8 Å². The van der Waals surface area contributed by atoms with E-state index in [-0.39, 0.29) is 18.4 Å². The minimum absolute atomic E-state index is 0.0558. The minimum Gasteiger partial charge on any atom is -0.441 e. The molecule has 2 amide bonds. The Bertz CT molecular complexity index is 1520. The van der Waals surface area contributed by atoms with Crippen LogP contribution in [0.2, 0.25) is 0 Å². The molecule has 2 heterocycles. The summed E-state index contributed by atoms with van der Waals surface area (Å²) in [6.07, 6.45) is 2.98. The summed E-state index contributed by atoms with van der Waals surface area (Å²) in [4.78, 5) is 33.0. The average Bonchev–Trinajstić information content (AvgIpc) is 3.50. The van der Waals surface area contributed by atoms with E-state index in [1.807, 2.05) is 73.8 Å². The van der Waals surface area contributed by atoms with Crippen LogP contribution in [-0.4, -0.2) is 21.8 Å². The fraction of sp³-hybridized carbons (Fsp3) is 0.138. The molecular weight excluding hydrogens is 452 g/mol. The maximum atomic E-state index is 12.7. The van der Waals surface area contributed by atoms with E-state index in [9.17, 15) is 9.59 Å². The largest absolute Gasteiger partial charge is 0.441 e. The van der Waals surface area contributed by atoms with Crippen LogP contribution in [0.1, 0.15) is 33.8 Å². The molecule has 7 nitrogen and oxygen atoms in total. The Morgan fingerprint density at radius 2 is 1.69 bits per heavy atom. The fourth-order valence-electron chi connectivity index (χ4n) is 4.13. The van der Waals surface area contributed by atoms with Gasteiger partial charge in [0, 0.05) is 29.1 Å². The molecule has 5 aromatic rings. The zero-order valence-electron chi connectivity index (χ0n) is 19.9. The number of carbonyl (C=O) groups is 2. The predicted octanol–water partition coefficient (Wildman–Crippen LogP) is 5.63. The number of nitrogens with zero attached hydrogens (tertiary/aromatic N) is 1. The number of hydrogen-bond acceptors (Lipinski definition) is 4. The third-order valence-corrected chi connectivity index (χ3v) is 6.08. The third kappa shape index (κ3) is 5.05. The average molecular weight is 479 g/mol. The van der Waals surface area contributed by atoms with Crippen molar-refractivity contribution in [2.75, 3.05) is 5.32 Å². The van der Waals surface area contributed by atoms with E-state index in [4.69, 9.17) is 4.42 Å². The first-order valence-corrected chi connectivity index (χ1v) is 11.8. The Balaban J connectivity index is 1.23. The topological polar surface area (TPSA) is 100 Å². The number of carbonyl (C=O) groups excluding carboxylic acids is 2. The van der Waals surface area contributed by atoms with Gasteiger partial charge in [-0.05, 0) is 49.2 Å². The van der Waals surface area contributed by atoms with Gasteiger partial charge < -0.3 is 20.0 Å². The molecule has 180 valence electrons. The molecule has 0 aliphatic rings. The number of aromatic amines is 1. The van der Waals surface area contributed by atoms with E-state index in [1.165, 1.54) is 0 Å². The van der Waals surface area contributed by atoms with Gasteiger partial charge in [0.2, 0.25) is 11.8 Å². The van der Waals surface area contributed by atoms with Gasteiger partial charge >= 0.3 is 0 Å². The summed E-state index contributed by atoms with van der Waals surface area (Å²) < 4.78 is 5.91. The summed E-state index contributed by atoms with van der Waals surface area (Å²) in [7, 11) is 0. The van der Waals surface area contributed by atoms with Crippen LogP contribution >= 0.6 is 0 Å². The summed E-state index contributed by atoms with van der Waals surface area (Å²) >= 11 is 0. The Labute approximate surface area is 208 Å². The first-order valence-electron chi connectivity index (χ1n) is 11.8. The van der Waals surface area contributed by atoms with Crippen LogP contribution in [0.3, 0.4) is 0 Å². The van der Waals surface area contributed by atoms with Gasteiger partial charge in [-0.3, -0.25) is 9.59 Å². The van der Waals surface area contributed by atoms with Crippen molar-refractivity contribution < 1.29 is 14.0 Å². The molecule has 0 radical (unpaired) electrons. The van der Waals surface area contributed by atoms with E-state index in [1.54, 1.807) is 12.1 Å². The SMILES string of the molecule is Cc1oc(-c2ccccc2NC(=O)c2ccccc2)nc1CNC(=O)CCc1c[nH]c2ccccc12. The van der Waals surface area contributed by atoms with Gasteiger partial charge in [-0.1, -0.05) is 48.5 Å². The van der Waals surface area contributed by atoms with Gasteiger partial charge in [0.15, 0.2) is 0 Å². The van der Waals surface area contributed by atoms with Gasteiger partial charge in [0.1, 0.15) is 11.5 Å². The van der Waals surface area contributed by atoms with Gasteiger partial charge in [-0.15, -0.1) is 0 Å². The lowest BCUT2D eigenvalue weighted by Crippen LogP contribution is -2.23. The van der Waals surface area contributed by atoms with Crippen LogP contribution in [0.4, 0.5) is 5.69 Å². The Kier molecular flexibility index (Phi) is 6.62. The number of hydrogen-bond donors (Lipinski definition) is 3. The molecule has 3 aromatic carbocycles. The number of para-hydroxylation sites is 2. The van der Waals surface area contributed by atoms with E-state index in [2.05, 4.69) is 26.7 Å². The Hall–Kier alpha value is -4.65. The normalized spacial score (nSPS) is 10.9.